The number of anilines is 1. The van der Waals surface area contributed by atoms with E-state index >= 15 is 0 Å². The fourth-order valence-corrected chi connectivity index (χ4v) is 3.60. The Hall–Kier alpha value is -2.06. The van der Waals surface area contributed by atoms with Gasteiger partial charge in [0, 0.05) is 30.4 Å². The lowest BCUT2D eigenvalue weighted by Crippen LogP contribution is -2.33. The van der Waals surface area contributed by atoms with Crippen LogP contribution in [0.15, 0.2) is 23.1 Å². The van der Waals surface area contributed by atoms with E-state index in [1.807, 2.05) is 19.9 Å². The van der Waals surface area contributed by atoms with Gasteiger partial charge in [-0.3, -0.25) is 14.5 Å². The van der Waals surface area contributed by atoms with Crippen molar-refractivity contribution in [2.24, 2.45) is 0 Å². The maximum atomic E-state index is 12.2. The lowest BCUT2D eigenvalue weighted by molar-refractivity contribution is -0.140. The van der Waals surface area contributed by atoms with E-state index in [-0.39, 0.29) is 10.1 Å². The quantitative estimate of drug-likeness (QED) is 0.591. The number of carboxylic acids is 1. The van der Waals surface area contributed by atoms with Crippen molar-refractivity contribution in [2.45, 2.75) is 13.8 Å². The van der Waals surface area contributed by atoms with Crippen LogP contribution in [0.3, 0.4) is 0 Å². The van der Waals surface area contributed by atoms with Crippen molar-refractivity contribution in [3.63, 3.8) is 0 Å². The van der Waals surface area contributed by atoms with E-state index in [2.05, 4.69) is 4.90 Å². The molecule has 0 atom stereocenters. The molecule has 6 nitrogen and oxygen atoms in total. The summed E-state index contributed by atoms with van der Waals surface area (Å²) in [7, 11) is 0. The number of amides is 1. The lowest BCUT2D eigenvalue weighted by atomic mass is 10.1. The number of carbonyl (C=O) groups is 2. The number of thiocarbonyl (C=S) groups is 1. The number of benzene rings is 1. The van der Waals surface area contributed by atoms with Crippen LogP contribution in [0.2, 0.25) is 0 Å². The van der Waals surface area contributed by atoms with E-state index in [1.165, 1.54) is 6.08 Å². The minimum Gasteiger partial charge on any atom is -0.507 e. The van der Waals surface area contributed by atoms with Gasteiger partial charge in [-0.15, -0.1) is 0 Å². The van der Waals surface area contributed by atoms with Crippen molar-refractivity contribution < 1.29 is 19.8 Å². The van der Waals surface area contributed by atoms with Gasteiger partial charge in [-0.05, 0) is 32.1 Å². The molecule has 1 aromatic rings. The zero-order valence-electron chi connectivity index (χ0n) is 13.4. The Kier molecular flexibility index (Phi) is 5.84. The summed E-state index contributed by atoms with van der Waals surface area (Å²) >= 11 is 6.07. The SMILES string of the molecule is CCN(CC)c1ccc(C=C2SC(=S)N(CC(=O)O)C2=O)c(O)c1. The Morgan fingerprint density at radius 3 is 2.58 bits per heavy atom. The lowest BCUT2D eigenvalue weighted by Gasteiger charge is -2.21. The summed E-state index contributed by atoms with van der Waals surface area (Å²) in [6.45, 7) is 5.24. The van der Waals surface area contributed by atoms with Gasteiger partial charge in [0.25, 0.3) is 5.91 Å². The van der Waals surface area contributed by atoms with E-state index in [9.17, 15) is 14.7 Å². The molecule has 1 fully saturated rings. The second-order valence-electron chi connectivity index (χ2n) is 5.08. The third kappa shape index (κ3) is 3.88. The molecule has 2 rings (SSSR count). The molecule has 8 heteroatoms. The highest BCUT2D eigenvalue weighted by molar-refractivity contribution is 8.26. The number of phenolic OH excluding ortho intramolecular Hbond substituents is 1. The summed E-state index contributed by atoms with van der Waals surface area (Å²) in [6, 6.07) is 5.25. The van der Waals surface area contributed by atoms with Crippen LogP contribution >= 0.6 is 24.0 Å². The summed E-state index contributed by atoms with van der Waals surface area (Å²) < 4.78 is 0.202. The minimum absolute atomic E-state index is 0.0582. The molecule has 0 saturated carbocycles. The van der Waals surface area contributed by atoms with E-state index < -0.39 is 18.4 Å². The molecule has 0 spiro atoms. The van der Waals surface area contributed by atoms with Crippen LogP contribution in [-0.4, -0.2) is 50.9 Å². The summed E-state index contributed by atoms with van der Waals surface area (Å²) in [6.07, 6.45) is 1.53. The number of nitrogens with zero attached hydrogens (tertiary/aromatic N) is 2. The number of hydrogen-bond donors (Lipinski definition) is 2. The number of hydrogen-bond acceptors (Lipinski definition) is 6. The Morgan fingerprint density at radius 1 is 1.38 bits per heavy atom. The monoisotopic (exact) mass is 366 g/mol. The molecular weight excluding hydrogens is 348 g/mol. The predicted molar refractivity (Wildman–Crippen MR) is 99.2 cm³/mol. The van der Waals surface area contributed by atoms with Crippen LogP contribution in [0.1, 0.15) is 19.4 Å². The van der Waals surface area contributed by atoms with Crippen LogP contribution in [-0.2, 0) is 9.59 Å². The first-order valence-corrected chi connectivity index (χ1v) is 8.65. The third-order valence-corrected chi connectivity index (χ3v) is 4.97. The van der Waals surface area contributed by atoms with E-state index in [0.717, 1.165) is 35.4 Å². The normalized spacial score (nSPS) is 16.1. The van der Waals surface area contributed by atoms with Gasteiger partial charge >= 0.3 is 5.97 Å². The van der Waals surface area contributed by atoms with Crippen molar-refractivity contribution in [3.05, 3.63) is 28.7 Å². The summed E-state index contributed by atoms with van der Waals surface area (Å²) in [5.74, 6) is -1.53. The van der Waals surface area contributed by atoms with Crippen LogP contribution < -0.4 is 4.90 Å². The first kappa shape index (κ1) is 18.3. The first-order chi connectivity index (χ1) is 11.4. The number of carboxylic acid groups (broad SMARTS) is 1. The molecule has 128 valence electrons. The Balaban J connectivity index is 2.27. The first-order valence-electron chi connectivity index (χ1n) is 7.42. The summed E-state index contributed by atoms with van der Waals surface area (Å²) in [5.41, 5.74) is 1.38. The fraction of sp³-hybridized carbons (Fsp3) is 0.312. The second kappa shape index (κ2) is 7.67. The van der Waals surface area contributed by atoms with Crippen molar-refractivity contribution in [3.8, 4) is 5.75 Å². The third-order valence-electron chi connectivity index (χ3n) is 3.60. The molecule has 24 heavy (non-hydrogen) atoms. The molecule has 1 aromatic carbocycles. The molecule has 0 radical (unpaired) electrons. The second-order valence-corrected chi connectivity index (χ2v) is 6.75. The van der Waals surface area contributed by atoms with Gasteiger partial charge in [0.05, 0.1) is 4.91 Å². The predicted octanol–water partition coefficient (Wildman–Crippen LogP) is 2.52. The van der Waals surface area contributed by atoms with Crippen molar-refractivity contribution in [2.75, 3.05) is 24.5 Å². The molecule has 0 unspecified atom stereocenters. The largest absolute Gasteiger partial charge is 0.507 e. The number of aliphatic carboxylic acids is 1. The topological polar surface area (TPSA) is 81.1 Å². The van der Waals surface area contributed by atoms with Gasteiger partial charge in [-0.25, -0.2) is 0 Å². The van der Waals surface area contributed by atoms with Gasteiger partial charge in [0.15, 0.2) is 0 Å². The van der Waals surface area contributed by atoms with Gasteiger partial charge in [-0.2, -0.15) is 0 Å². The van der Waals surface area contributed by atoms with E-state index in [4.69, 9.17) is 17.3 Å². The Labute approximate surface area is 149 Å². The maximum Gasteiger partial charge on any atom is 0.323 e. The van der Waals surface area contributed by atoms with E-state index in [0.29, 0.717) is 10.5 Å². The van der Waals surface area contributed by atoms with Gasteiger partial charge in [0.2, 0.25) is 0 Å². The molecule has 2 N–H and O–H groups in total. The average molecular weight is 366 g/mol. The number of aromatic hydroxyl groups is 1. The minimum atomic E-state index is -1.13. The standard InChI is InChI=1S/C16H18N2O4S2/c1-3-17(4-2)11-6-5-10(12(19)8-11)7-13-15(22)18(9-14(20)21)16(23)24-13/h5-8,19H,3-4,9H2,1-2H3,(H,20,21). The molecule has 1 amide bonds. The Morgan fingerprint density at radius 2 is 2.04 bits per heavy atom. The summed E-state index contributed by atoms with van der Waals surface area (Å²) in [4.78, 5) is 26.5. The molecule has 1 aliphatic rings. The highest BCUT2D eigenvalue weighted by Crippen LogP contribution is 2.34. The number of rotatable bonds is 6. The zero-order chi connectivity index (χ0) is 17.9. The Bertz CT molecular complexity index is 714. The zero-order valence-corrected chi connectivity index (χ0v) is 15.0. The molecular formula is C16H18N2O4S2. The van der Waals surface area contributed by atoms with Crippen molar-refractivity contribution in [1.82, 2.24) is 4.90 Å². The molecule has 0 bridgehead atoms. The highest BCUT2D eigenvalue weighted by atomic mass is 32.2. The van der Waals surface area contributed by atoms with E-state index in [1.54, 1.807) is 12.1 Å². The molecule has 1 saturated heterocycles. The molecule has 1 aliphatic heterocycles. The molecule has 0 aliphatic carbocycles. The van der Waals surface area contributed by atoms with Crippen molar-refractivity contribution >= 4 is 51.9 Å². The highest BCUT2D eigenvalue weighted by Gasteiger charge is 2.33. The maximum absolute atomic E-state index is 12.2. The number of carbonyl (C=O) groups excluding carboxylic acids is 1. The fourth-order valence-electron chi connectivity index (χ4n) is 2.35. The summed E-state index contributed by atoms with van der Waals surface area (Å²) in [5, 5.41) is 19.1. The van der Waals surface area contributed by atoms with Crippen LogP contribution in [0.4, 0.5) is 5.69 Å². The smallest absolute Gasteiger partial charge is 0.323 e. The number of thioether (sulfide) groups is 1. The van der Waals surface area contributed by atoms with Gasteiger partial charge in [-0.1, -0.05) is 24.0 Å². The van der Waals surface area contributed by atoms with Crippen LogP contribution in [0.25, 0.3) is 6.08 Å². The van der Waals surface area contributed by atoms with Gasteiger partial charge < -0.3 is 15.1 Å². The number of phenols is 1. The molecule has 1 heterocycles. The van der Waals surface area contributed by atoms with Crippen molar-refractivity contribution in [1.29, 1.82) is 0 Å². The van der Waals surface area contributed by atoms with Crippen LogP contribution in [0.5, 0.6) is 5.75 Å². The average Bonchev–Trinajstić information content (AvgIpc) is 2.78. The van der Waals surface area contributed by atoms with Crippen LogP contribution in [0, 0.1) is 0 Å². The molecule has 0 aromatic heterocycles. The van der Waals surface area contributed by atoms with Gasteiger partial charge in [0.1, 0.15) is 16.6 Å².